The first-order valence-corrected chi connectivity index (χ1v) is 9.54. The molecule has 0 atom stereocenters. The van der Waals surface area contributed by atoms with Crippen molar-refractivity contribution < 1.29 is 18.7 Å². The van der Waals surface area contributed by atoms with Gasteiger partial charge in [0.1, 0.15) is 12.2 Å². The van der Waals surface area contributed by atoms with E-state index in [1.807, 2.05) is 13.8 Å². The minimum absolute atomic E-state index is 0.0654. The van der Waals surface area contributed by atoms with E-state index in [0.29, 0.717) is 18.6 Å². The van der Waals surface area contributed by atoms with Crippen LogP contribution in [0, 0.1) is 19.7 Å². The zero-order chi connectivity index (χ0) is 21.8. The SMILES string of the molecule is Cc1nc2c(C(N)=O)cnn2c(C)c1CCC(=O)N(C)CCOc1ccccc1F. The summed E-state index contributed by atoms with van der Waals surface area (Å²) in [5.41, 5.74) is 8.47. The highest BCUT2D eigenvalue weighted by Gasteiger charge is 2.18. The number of halogens is 1. The first-order valence-electron chi connectivity index (χ1n) is 9.54. The number of rotatable bonds is 8. The monoisotopic (exact) mass is 413 g/mol. The van der Waals surface area contributed by atoms with E-state index in [0.717, 1.165) is 17.0 Å². The Morgan fingerprint density at radius 1 is 1.27 bits per heavy atom. The van der Waals surface area contributed by atoms with Crippen LogP contribution in [0.1, 0.15) is 33.7 Å². The van der Waals surface area contributed by atoms with Crippen LogP contribution in [0.5, 0.6) is 5.75 Å². The molecule has 8 nitrogen and oxygen atoms in total. The third kappa shape index (κ3) is 4.40. The zero-order valence-electron chi connectivity index (χ0n) is 17.2. The summed E-state index contributed by atoms with van der Waals surface area (Å²) in [5.74, 6) is -0.917. The van der Waals surface area contributed by atoms with Gasteiger partial charge in [-0.1, -0.05) is 12.1 Å². The quantitative estimate of drug-likeness (QED) is 0.609. The van der Waals surface area contributed by atoms with Gasteiger partial charge in [0.25, 0.3) is 5.91 Å². The van der Waals surface area contributed by atoms with Crippen molar-refractivity contribution >= 4 is 17.5 Å². The van der Waals surface area contributed by atoms with Crippen LogP contribution in [0.2, 0.25) is 0 Å². The summed E-state index contributed by atoms with van der Waals surface area (Å²) in [5, 5.41) is 4.19. The van der Waals surface area contributed by atoms with E-state index >= 15 is 0 Å². The number of hydrogen-bond donors (Lipinski definition) is 1. The summed E-state index contributed by atoms with van der Waals surface area (Å²) < 4.78 is 20.5. The molecule has 0 aliphatic heterocycles. The number of para-hydroxylation sites is 1. The van der Waals surface area contributed by atoms with Crippen LogP contribution in [0.3, 0.4) is 0 Å². The van der Waals surface area contributed by atoms with Gasteiger partial charge in [0.05, 0.1) is 12.7 Å². The van der Waals surface area contributed by atoms with Crippen molar-refractivity contribution in [1.82, 2.24) is 19.5 Å². The van der Waals surface area contributed by atoms with Crippen LogP contribution in [0.4, 0.5) is 4.39 Å². The maximum absolute atomic E-state index is 13.6. The highest BCUT2D eigenvalue weighted by molar-refractivity contribution is 5.98. The van der Waals surface area contributed by atoms with Crippen LogP contribution < -0.4 is 10.5 Å². The van der Waals surface area contributed by atoms with Gasteiger partial charge >= 0.3 is 0 Å². The van der Waals surface area contributed by atoms with Crippen LogP contribution in [0.25, 0.3) is 5.65 Å². The van der Waals surface area contributed by atoms with Gasteiger partial charge in [-0.05, 0) is 38.0 Å². The van der Waals surface area contributed by atoms with Crippen LogP contribution in [0.15, 0.2) is 30.5 Å². The van der Waals surface area contributed by atoms with Gasteiger partial charge in [0.15, 0.2) is 17.2 Å². The molecule has 1 aromatic carbocycles. The molecule has 2 amide bonds. The van der Waals surface area contributed by atoms with E-state index in [1.54, 1.807) is 34.7 Å². The topological polar surface area (TPSA) is 103 Å². The Labute approximate surface area is 173 Å². The van der Waals surface area contributed by atoms with Gasteiger partial charge in [0.2, 0.25) is 5.91 Å². The number of fused-ring (bicyclic) bond motifs is 1. The van der Waals surface area contributed by atoms with Gasteiger partial charge in [-0.3, -0.25) is 9.59 Å². The number of carbonyl (C=O) groups is 2. The number of primary amides is 1. The molecule has 0 fully saturated rings. The molecule has 0 aliphatic carbocycles. The molecule has 0 unspecified atom stereocenters. The molecular weight excluding hydrogens is 389 g/mol. The second-order valence-corrected chi connectivity index (χ2v) is 7.01. The number of carbonyl (C=O) groups excluding carboxylic acids is 2. The molecule has 0 spiro atoms. The second kappa shape index (κ2) is 8.89. The smallest absolute Gasteiger partial charge is 0.254 e. The van der Waals surface area contributed by atoms with Crippen molar-refractivity contribution in [2.75, 3.05) is 20.2 Å². The third-order valence-corrected chi connectivity index (χ3v) is 5.01. The Morgan fingerprint density at radius 3 is 2.70 bits per heavy atom. The molecule has 2 N–H and O–H groups in total. The lowest BCUT2D eigenvalue weighted by Gasteiger charge is -2.18. The Kier molecular flexibility index (Phi) is 6.29. The lowest BCUT2D eigenvalue weighted by atomic mass is 10.1. The van der Waals surface area contributed by atoms with Crippen molar-refractivity contribution in [1.29, 1.82) is 0 Å². The number of aromatic nitrogens is 3. The molecule has 3 aromatic rings. The number of aryl methyl sites for hydroxylation is 2. The van der Waals surface area contributed by atoms with Crippen molar-refractivity contribution in [2.24, 2.45) is 5.73 Å². The maximum Gasteiger partial charge on any atom is 0.254 e. The van der Waals surface area contributed by atoms with Crippen LogP contribution in [-0.4, -0.2) is 51.5 Å². The van der Waals surface area contributed by atoms with Gasteiger partial charge < -0.3 is 15.4 Å². The van der Waals surface area contributed by atoms with E-state index in [4.69, 9.17) is 10.5 Å². The number of likely N-dealkylation sites (N-methyl/N-ethyl adjacent to an activating group) is 1. The number of ether oxygens (including phenoxy) is 1. The summed E-state index contributed by atoms with van der Waals surface area (Å²) in [6.45, 7) is 4.23. The maximum atomic E-state index is 13.6. The average Bonchev–Trinajstić information content (AvgIpc) is 3.13. The van der Waals surface area contributed by atoms with E-state index in [-0.39, 0.29) is 30.2 Å². The molecule has 30 heavy (non-hydrogen) atoms. The summed E-state index contributed by atoms with van der Waals surface area (Å²) in [6.07, 6.45) is 2.15. The molecule has 3 rings (SSSR count). The molecular formula is C21H24FN5O3. The van der Waals surface area contributed by atoms with Gasteiger partial charge in [0, 0.05) is 24.9 Å². The molecule has 0 saturated carbocycles. The Balaban J connectivity index is 1.60. The predicted octanol–water partition coefficient (Wildman–Crippen LogP) is 2.05. The first-order chi connectivity index (χ1) is 14.3. The number of amides is 2. The van der Waals surface area contributed by atoms with Gasteiger partial charge in [-0.15, -0.1) is 0 Å². The first kappa shape index (κ1) is 21.2. The second-order valence-electron chi connectivity index (χ2n) is 7.01. The number of nitrogens with zero attached hydrogens (tertiary/aromatic N) is 4. The van der Waals surface area contributed by atoms with Crippen molar-refractivity contribution in [3.63, 3.8) is 0 Å². The summed E-state index contributed by atoms with van der Waals surface area (Å²) in [7, 11) is 1.68. The van der Waals surface area contributed by atoms with Crippen molar-refractivity contribution in [3.8, 4) is 5.75 Å². The van der Waals surface area contributed by atoms with E-state index < -0.39 is 11.7 Å². The van der Waals surface area contributed by atoms with E-state index in [2.05, 4.69) is 10.1 Å². The van der Waals surface area contributed by atoms with Gasteiger partial charge in [-0.2, -0.15) is 5.10 Å². The average molecular weight is 413 g/mol. The Morgan fingerprint density at radius 2 is 2.00 bits per heavy atom. The molecule has 0 bridgehead atoms. The van der Waals surface area contributed by atoms with Crippen molar-refractivity contribution in [2.45, 2.75) is 26.7 Å². The summed E-state index contributed by atoms with van der Waals surface area (Å²) in [4.78, 5) is 30.0. The molecule has 2 aromatic heterocycles. The van der Waals surface area contributed by atoms with Crippen LogP contribution in [-0.2, 0) is 11.2 Å². The van der Waals surface area contributed by atoms with E-state index in [1.165, 1.54) is 12.3 Å². The largest absolute Gasteiger partial charge is 0.489 e. The fraction of sp³-hybridized carbons (Fsp3) is 0.333. The minimum atomic E-state index is -0.585. The standard InChI is InChI=1S/C21H24FN5O3/c1-13-15(14(2)27-21(25-13)16(12-24-27)20(23)29)8-9-19(28)26(3)10-11-30-18-7-5-4-6-17(18)22/h4-7,12H,8-11H2,1-3H3,(H2,23,29). The molecule has 158 valence electrons. The number of nitrogens with two attached hydrogens (primary N) is 1. The molecule has 0 aliphatic rings. The van der Waals surface area contributed by atoms with Crippen LogP contribution >= 0.6 is 0 Å². The summed E-state index contributed by atoms with van der Waals surface area (Å²) in [6, 6.07) is 6.15. The lowest BCUT2D eigenvalue weighted by Crippen LogP contribution is -2.31. The fourth-order valence-electron chi connectivity index (χ4n) is 3.25. The Bertz CT molecular complexity index is 1100. The summed E-state index contributed by atoms with van der Waals surface area (Å²) >= 11 is 0. The third-order valence-electron chi connectivity index (χ3n) is 5.01. The highest BCUT2D eigenvalue weighted by atomic mass is 19.1. The minimum Gasteiger partial charge on any atom is -0.489 e. The lowest BCUT2D eigenvalue weighted by molar-refractivity contribution is -0.130. The van der Waals surface area contributed by atoms with Crippen molar-refractivity contribution in [3.05, 3.63) is 58.8 Å². The normalized spacial score (nSPS) is 10.9. The molecule has 0 saturated heterocycles. The number of hydrogen-bond acceptors (Lipinski definition) is 5. The fourth-order valence-corrected chi connectivity index (χ4v) is 3.25. The van der Waals surface area contributed by atoms with Gasteiger partial charge in [-0.25, -0.2) is 13.9 Å². The molecule has 9 heteroatoms. The highest BCUT2D eigenvalue weighted by Crippen LogP contribution is 2.19. The number of benzene rings is 1. The Hall–Kier alpha value is -3.49. The molecule has 2 heterocycles. The molecule has 0 radical (unpaired) electrons. The van der Waals surface area contributed by atoms with E-state index in [9.17, 15) is 14.0 Å². The predicted molar refractivity (Wildman–Crippen MR) is 109 cm³/mol. The zero-order valence-corrected chi connectivity index (χ0v) is 17.2.